The molecule has 0 saturated carbocycles. The molecule has 0 atom stereocenters. The Hall–Kier alpha value is -2.32. The van der Waals surface area contributed by atoms with Crippen molar-refractivity contribution in [3.8, 4) is 54.3 Å². The van der Waals surface area contributed by atoms with Crippen LogP contribution in [0.1, 0.15) is 49.6 Å². The standard InChI is InChI=1S/C11H11NO3.C10H9NO3.C8H9NO3.C3H3Br.CH2O3.2K.Li.H2O.H/c1-4-5-15-9-6-8(2)10(12-7-9)11(13)14-3;1-3-4-14-8-5-7(2)9(10(12)13)11-6-8;1-5-3-6(10)4-9-7(5)8(11)12-2;1-2-3-4;2-1-4-3;;;;;/h1,6-7H,5H2,2-3H3;1,5-6H,4H2,2H3,(H,12,13);3-4,10H,1-2H3;1H,3H2;1,3H;;;;1H2;/q;;;;;3*+1;;-1/p-2. The van der Waals surface area contributed by atoms with Crippen LogP contribution in [0.4, 0.5) is 0 Å². The van der Waals surface area contributed by atoms with E-state index in [-0.39, 0.29) is 171 Å². The molecule has 270 valence electrons. The molecule has 53 heavy (non-hydrogen) atoms. The number of halogens is 1. The van der Waals surface area contributed by atoms with Crippen molar-refractivity contribution in [3.63, 3.8) is 0 Å². The van der Waals surface area contributed by atoms with Crippen LogP contribution in [0, 0.1) is 57.8 Å². The van der Waals surface area contributed by atoms with Crippen molar-refractivity contribution in [1.82, 2.24) is 15.0 Å². The summed E-state index contributed by atoms with van der Waals surface area (Å²) in [5, 5.41) is 26.8. The number of carbonyl (C=O) groups is 4. The van der Waals surface area contributed by atoms with E-state index in [1.165, 1.54) is 38.9 Å². The summed E-state index contributed by atoms with van der Waals surface area (Å²) >= 11 is 3.01. The van der Waals surface area contributed by atoms with Crippen LogP contribution in [-0.2, 0) is 19.2 Å². The first-order valence-electron chi connectivity index (χ1n) is 13.1. The van der Waals surface area contributed by atoms with E-state index >= 15 is 0 Å². The average Bonchev–Trinajstić information content (AvgIpc) is 3.09. The Morgan fingerprint density at radius 3 is 1.42 bits per heavy atom. The number of hydrogen-bond donors (Lipinski definition) is 2. The van der Waals surface area contributed by atoms with Crippen LogP contribution in [0.5, 0.6) is 17.2 Å². The van der Waals surface area contributed by atoms with Crippen LogP contribution in [-0.4, -0.2) is 87.8 Å². The summed E-state index contributed by atoms with van der Waals surface area (Å²) in [6, 6.07) is 4.74. The van der Waals surface area contributed by atoms with Gasteiger partial charge in [-0.1, -0.05) is 33.7 Å². The molecule has 3 heterocycles. The monoisotopic (exact) mass is 845 g/mol. The van der Waals surface area contributed by atoms with Crippen LogP contribution in [0.3, 0.4) is 0 Å². The number of pyridine rings is 3. The molecular weight excluding hydrogens is 811 g/mol. The molecule has 0 aliphatic rings. The number of alkyl halides is 1. The molecule has 0 saturated heterocycles. The number of aromatic nitrogens is 3. The molecule has 0 spiro atoms. The quantitative estimate of drug-likeness (QED) is 0.0407. The molecule has 3 rings (SSSR count). The molecule has 0 unspecified atom stereocenters. The molecule has 3 aromatic rings. The third kappa shape index (κ3) is 28.7. The number of esters is 2. The van der Waals surface area contributed by atoms with Gasteiger partial charge in [-0.2, -0.15) is 0 Å². The Bertz CT molecular complexity index is 1670. The minimum absolute atomic E-state index is 0. The van der Waals surface area contributed by atoms with Crippen molar-refractivity contribution >= 4 is 40.3 Å². The summed E-state index contributed by atoms with van der Waals surface area (Å²) < 4.78 is 19.3. The van der Waals surface area contributed by atoms with E-state index in [4.69, 9.17) is 49.0 Å². The smallest absolute Gasteiger partial charge is 1.00 e. The number of nitrogens with zero attached hydrogens (tertiary/aromatic N) is 3. The van der Waals surface area contributed by atoms with Gasteiger partial charge in [0.2, 0.25) is 0 Å². The van der Waals surface area contributed by atoms with Crippen molar-refractivity contribution in [2.75, 3.05) is 32.8 Å². The minimum Gasteiger partial charge on any atom is -1.00 e. The van der Waals surface area contributed by atoms with Crippen LogP contribution in [0.15, 0.2) is 36.8 Å². The minimum atomic E-state index is -1.05. The third-order valence-corrected chi connectivity index (χ3v) is 5.21. The van der Waals surface area contributed by atoms with Gasteiger partial charge in [0.15, 0.2) is 17.1 Å². The maximum absolute atomic E-state index is 11.2. The van der Waals surface area contributed by atoms with Crippen LogP contribution < -0.4 is 136 Å². The molecule has 0 aliphatic heterocycles. The molecule has 0 fully saturated rings. The SMILES string of the molecule is C#CCBr.C#CCOc1cnc(C(=O)O)c(C)c1.C#CCOc1cnc(C(=O)OC)c(C)c1.COC(=O)c1ncc(O)cc1C.O=CO[O-].[H-].[K+].[K+].[Li+].[OH-]. The van der Waals surface area contributed by atoms with E-state index in [9.17, 15) is 14.4 Å². The zero-order valence-corrected chi connectivity index (χ0v) is 38.4. The normalized spacial score (nSPS) is 7.92. The number of carbonyl (C=O) groups excluding carboxylic acids is 3. The molecule has 0 amide bonds. The summed E-state index contributed by atoms with van der Waals surface area (Å²) in [5.41, 5.74) is 2.38. The predicted octanol–water partition coefficient (Wildman–Crippen LogP) is -6.43. The fourth-order valence-corrected chi connectivity index (χ4v) is 2.91. The van der Waals surface area contributed by atoms with E-state index in [0.717, 1.165) is 0 Å². The summed E-state index contributed by atoms with van der Waals surface area (Å²) in [5.74, 6) is 6.05. The Balaban J connectivity index is -0.000000107. The number of carboxylic acids is 1. The van der Waals surface area contributed by atoms with Crippen molar-refractivity contribution in [1.29, 1.82) is 0 Å². The topological polar surface area (TPSA) is 247 Å². The Labute approximate surface area is 414 Å². The van der Waals surface area contributed by atoms with Gasteiger partial charge < -0.3 is 46.2 Å². The van der Waals surface area contributed by atoms with E-state index in [1.807, 2.05) is 0 Å². The second kappa shape index (κ2) is 39.4. The Morgan fingerprint density at radius 2 is 1.15 bits per heavy atom. The zero-order valence-electron chi connectivity index (χ0n) is 31.5. The maximum Gasteiger partial charge on any atom is 1.00 e. The van der Waals surface area contributed by atoms with Gasteiger partial charge in [0.25, 0.3) is 6.47 Å². The molecule has 0 aliphatic carbocycles. The maximum atomic E-state index is 11.2. The van der Waals surface area contributed by atoms with Gasteiger partial charge in [-0.25, -0.2) is 29.3 Å². The first kappa shape index (κ1) is 62.7. The third-order valence-electron chi connectivity index (χ3n) is 4.89. The number of aromatic hydroxyl groups is 1. The van der Waals surface area contributed by atoms with Gasteiger partial charge in [0, 0.05) is 0 Å². The first-order chi connectivity index (χ1) is 23.3. The van der Waals surface area contributed by atoms with Crippen LogP contribution in [0.2, 0.25) is 0 Å². The van der Waals surface area contributed by atoms with Gasteiger partial charge in [-0.05, 0) is 55.7 Å². The number of ether oxygens (including phenoxy) is 4. The number of terminal acetylenes is 3. The summed E-state index contributed by atoms with van der Waals surface area (Å²) in [6.07, 6.45) is 18.8. The molecule has 0 radical (unpaired) electrons. The summed E-state index contributed by atoms with van der Waals surface area (Å²) in [6.45, 7) is 5.23. The Morgan fingerprint density at radius 1 is 0.811 bits per heavy atom. The van der Waals surface area contributed by atoms with Gasteiger partial charge in [0.1, 0.15) is 30.5 Å². The van der Waals surface area contributed by atoms with Crippen molar-refractivity contribution in [3.05, 3.63) is 70.6 Å². The summed E-state index contributed by atoms with van der Waals surface area (Å²) in [4.78, 5) is 55.4. The van der Waals surface area contributed by atoms with Crippen molar-refractivity contribution in [2.45, 2.75) is 20.8 Å². The second-order valence-electron chi connectivity index (χ2n) is 8.34. The van der Waals surface area contributed by atoms with E-state index in [1.54, 1.807) is 32.9 Å². The largest absolute Gasteiger partial charge is 1.00 e. The van der Waals surface area contributed by atoms with Crippen molar-refractivity contribution in [2.24, 2.45) is 0 Å². The first-order valence-corrected chi connectivity index (χ1v) is 14.3. The zero-order chi connectivity index (χ0) is 37.8. The van der Waals surface area contributed by atoms with E-state index in [2.05, 4.69) is 63.0 Å². The fraction of sp³-hybridized carbons (Fsp3) is 0.242. The van der Waals surface area contributed by atoms with Crippen molar-refractivity contribution < 1.29 is 187 Å². The number of hydrogen-bond acceptors (Lipinski definition) is 15. The number of carboxylic acid groups (broad SMARTS) is 1. The molecule has 0 bridgehead atoms. The van der Waals surface area contributed by atoms with Crippen LogP contribution in [0.25, 0.3) is 0 Å². The molecule has 20 heteroatoms. The van der Waals surface area contributed by atoms with Crippen LogP contribution >= 0.6 is 15.9 Å². The second-order valence-corrected chi connectivity index (χ2v) is 8.90. The number of rotatable bonds is 8. The van der Waals surface area contributed by atoms with Gasteiger partial charge >= 0.3 is 140 Å². The molecule has 16 nitrogen and oxygen atoms in total. The van der Waals surface area contributed by atoms with Gasteiger partial charge in [0.05, 0.1) is 38.1 Å². The fourth-order valence-electron chi connectivity index (χ4n) is 2.91. The average molecular weight is 847 g/mol. The summed E-state index contributed by atoms with van der Waals surface area (Å²) in [7, 11) is 2.60. The van der Waals surface area contributed by atoms with Gasteiger partial charge in [-0.3, -0.25) is 4.79 Å². The van der Waals surface area contributed by atoms with E-state index in [0.29, 0.717) is 33.5 Å². The molecule has 3 aromatic heterocycles. The number of aryl methyl sites for hydroxylation is 3. The van der Waals surface area contributed by atoms with Gasteiger partial charge in [-0.15, -0.1) is 19.3 Å². The predicted molar refractivity (Wildman–Crippen MR) is 180 cm³/mol. The van der Waals surface area contributed by atoms with E-state index < -0.39 is 17.9 Å². The number of methoxy groups -OCH3 is 2. The molecular formula is C33H35BrK2LiN3O13. The molecule has 3 N–H and O–H groups in total. The molecule has 0 aromatic carbocycles. The number of aromatic carboxylic acids is 1. The Kier molecular flexibility index (Phi) is 46.6.